The van der Waals surface area contributed by atoms with Gasteiger partial charge in [0.05, 0.1) is 5.41 Å². The summed E-state index contributed by atoms with van der Waals surface area (Å²) in [5.74, 6) is -2.52. The Morgan fingerprint density at radius 1 is 1.56 bits per heavy atom. The van der Waals surface area contributed by atoms with E-state index >= 15 is 0 Å². The maximum absolute atomic E-state index is 13.3. The molecular weight excluding hydrogens is 214 g/mol. The molecule has 0 aromatic heterocycles. The van der Waals surface area contributed by atoms with Crippen molar-refractivity contribution in [1.29, 1.82) is 0 Å². The lowest BCUT2D eigenvalue weighted by atomic mass is 9.84. The highest BCUT2D eigenvalue weighted by atomic mass is 19.1. The molecule has 0 aliphatic carbocycles. The zero-order valence-corrected chi connectivity index (χ0v) is 8.84. The van der Waals surface area contributed by atoms with Crippen LogP contribution in [0, 0.1) is 17.0 Å². The normalized spacial score (nSPS) is 14.2. The van der Waals surface area contributed by atoms with Gasteiger partial charge in [-0.1, -0.05) is 12.1 Å². The number of hydrogen-bond acceptors (Lipinski definition) is 1. The molecule has 1 atom stereocenters. The number of carbonyl (C=O) groups is 1. The van der Waals surface area contributed by atoms with E-state index in [1.807, 2.05) is 0 Å². The van der Waals surface area contributed by atoms with Crippen LogP contribution in [0.15, 0.2) is 30.9 Å². The molecule has 0 saturated heterocycles. The number of halogens is 2. The predicted octanol–water partition coefficient (Wildman–Crippen LogP) is 2.78. The number of carboxylic acids is 1. The summed E-state index contributed by atoms with van der Waals surface area (Å²) in [5.41, 5.74) is -1.09. The summed E-state index contributed by atoms with van der Waals surface area (Å²) in [4.78, 5) is 11.0. The highest BCUT2D eigenvalue weighted by molar-refractivity contribution is 5.76. The Hall–Kier alpha value is -1.71. The van der Waals surface area contributed by atoms with Gasteiger partial charge in [0.2, 0.25) is 0 Å². The molecule has 1 unspecified atom stereocenters. The minimum atomic E-state index is -1.25. The van der Waals surface area contributed by atoms with E-state index in [0.29, 0.717) is 0 Å². The predicted molar refractivity (Wildman–Crippen MR) is 56.0 cm³/mol. The van der Waals surface area contributed by atoms with Crippen molar-refractivity contribution < 1.29 is 18.7 Å². The summed E-state index contributed by atoms with van der Waals surface area (Å²) < 4.78 is 26.0. The molecule has 2 nitrogen and oxygen atoms in total. The van der Waals surface area contributed by atoms with Gasteiger partial charge in [0.25, 0.3) is 0 Å². The van der Waals surface area contributed by atoms with Gasteiger partial charge in [-0.05, 0) is 25.0 Å². The summed E-state index contributed by atoms with van der Waals surface area (Å²) >= 11 is 0. The average Bonchev–Trinajstić information content (AvgIpc) is 2.22. The molecule has 0 aliphatic rings. The molecule has 0 bridgehead atoms. The van der Waals surface area contributed by atoms with E-state index in [1.54, 1.807) is 0 Å². The van der Waals surface area contributed by atoms with Crippen molar-refractivity contribution in [2.45, 2.75) is 13.3 Å². The summed E-state index contributed by atoms with van der Waals surface area (Å²) in [6.45, 7) is 4.86. The first kappa shape index (κ1) is 12.4. The topological polar surface area (TPSA) is 37.3 Å². The van der Waals surface area contributed by atoms with E-state index in [4.69, 9.17) is 5.11 Å². The van der Waals surface area contributed by atoms with Crippen LogP contribution >= 0.6 is 0 Å². The summed E-state index contributed by atoms with van der Waals surface area (Å²) in [6.07, 6.45) is 1.19. The van der Waals surface area contributed by atoms with E-state index in [9.17, 15) is 13.6 Å². The highest BCUT2D eigenvalue weighted by Gasteiger charge is 2.30. The van der Waals surface area contributed by atoms with Crippen molar-refractivity contribution >= 4 is 5.97 Å². The molecule has 0 amide bonds. The first-order valence-electron chi connectivity index (χ1n) is 4.70. The third-order valence-corrected chi connectivity index (χ3v) is 2.51. The second-order valence-electron chi connectivity index (χ2n) is 3.84. The molecule has 0 aliphatic heterocycles. The molecule has 0 spiro atoms. The zero-order chi connectivity index (χ0) is 12.3. The first-order chi connectivity index (χ1) is 7.39. The minimum Gasteiger partial charge on any atom is -0.481 e. The highest BCUT2D eigenvalue weighted by Crippen LogP contribution is 2.25. The van der Waals surface area contributed by atoms with Gasteiger partial charge in [-0.2, -0.15) is 0 Å². The monoisotopic (exact) mass is 226 g/mol. The summed E-state index contributed by atoms with van der Waals surface area (Å²) in [7, 11) is 0. The van der Waals surface area contributed by atoms with Crippen LogP contribution in [-0.2, 0) is 11.2 Å². The largest absolute Gasteiger partial charge is 0.481 e. The maximum atomic E-state index is 13.3. The first-order valence-corrected chi connectivity index (χ1v) is 4.70. The van der Waals surface area contributed by atoms with Gasteiger partial charge in [0, 0.05) is 6.07 Å². The average molecular weight is 226 g/mol. The van der Waals surface area contributed by atoms with Crippen LogP contribution in [0.4, 0.5) is 8.78 Å². The van der Waals surface area contributed by atoms with Crippen molar-refractivity contribution in [3.8, 4) is 0 Å². The molecule has 0 fully saturated rings. The molecule has 1 N–H and O–H groups in total. The fraction of sp³-hybridized carbons (Fsp3) is 0.250. The number of aliphatic carboxylic acids is 1. The van der Waals surface area contributed by atoms with Crippen LogP contribution < -0.4 is 0 Å². The van der Waals surface area contributed by atoms with Crippen molar-refractivity contribution in [2.75, 3.05) is 0 Å². The molecule has 0 radical (unpaired) electrons. The SMILES string of the molecule is C=CC(C)(Cc1ccc(F)cc1F)C(=O)O. The Balaban J connectivity index is 3.04. The van der Waals surface area contributed by atoms with Crippen LogP contribution in [0.1, 0.15) is 12.5 Å². The minimum absolute atomic E-state index is 0.0576. The van der Waals surface area contributed by atoms with E-state index in [1.165, 1.54) is 19.1 Å². The van der Waals surface area contributed by atoms with Crippen LogP contribution in [0.3, 0.4) is 0 Å². The second kappa shape index (κ2) is 4.43. The van der Waals surface area contributed by atoms with Crippen molar-refractivity contribution in [3.63, 3.8) is 0 Å². The molecular formula is C12H12F2O2. The van der Waals surface area contributed by atoms with Crippen LogP contribution in [0.2, 0.25) is 0 Å². The molecule has 0 heterocycles. The Morgan fingerprint density at radius 2 is 2.19 bits per heavy atom. The molecule has 1 aromatic rings. The van der Waals surface area contributed by atoms with E-state index in [-0.39, 0.29) is 12.0 Å². The van der Waals surface area contributed by atoms with E-state index in [2.05, 4.69) is 6.58 Å². The van der Waals surface area contributed by atoms with Crippen molar-refractivity contribution in [2.24, 2.45) is 5.41 Å². The van der Waals surface area contributed by atoms with Crippen LogP contribution in [-0.4, -0.2) is 11.1 Å². The van der Waals surface area contributed by atoms with E-state index < -0.39 is 23.0 Å². The van der Waals surface area contributed by atoms with E-state index in [0.717, 1.165) is 12.1 Å². The van der Waals surface area contributed by atoms with Gasteiger partial charge >= 0.3 is 5.97 Å². The standard InChI is InChI=1S/C12H12F2O2/c1-3-12(2,11(15)16)7-8-4-5-9(13)6-10(8)14/h3-6H,1,7H2,2H3,(H,15,16). The lowest BCUT2D eigenvalue weighted by molar-refractivity contribution is -0.145. The third kappa shape index (κ3) is 2.45. The molecule has 0 saturated carbocycles. The Labute approximate surface area is 92.2 Å². The van der Waals surface area contributed by atoms with Crippen molar-refractivity contribution in [1.82, 2.24) is 0 Å². The Kier molecular flexibility index (Phi) is 3.42. The summed E-state index contributed by atoms with van der Waals surface area (Å²) in [5, 5.41) is 8.97. The van der Waals surface area contributed by atoms with Crippen LogP contribution in [0.5, 0.6) is 0 Å². The number of hydrogen-bond donors (Lipinski definition) is 1. The molecule has 16 heavy (non-hydrogen) atoms. The van der Waals surface area contributed by atoms with Gasteiger partial charge in [-0.25, -0.2) is 8.78 Å². The fourth-order valence-electron chi connectivity index (χ4n) is 1.30. The maximum Gasteiger partial charge on any atom is 0.313 e. The molecule has 86 valence electrons. The zero-order valence-electron chi connectivity index (χ0n) is 8.84. The lowest BCUT2D eigenvalue weighted by Crippen LogP contribution is -2.27. The van der Waals surface area contributed by atoms with Gasteiger partial charge < -0.3 is 5.11 Å². The number of carboxylic acid groups (broad SMARTS) is 1. The Morgan fingerprint density at radius 3 is 2.62 bits per heavy atom. The molecule has 1 rings (SSSR count). The third-order valence-electron chi connectivity index (χ3n) is 2.51. The molecule has 4 heteroatoms. The van der Waals surface area contributed by atoms with Gasteiger partial charge in [-0.3, -0.25) is 4.79 Å². The fourth-order valence-corrected chi connectivity index (χ4v) is 1.30. The van der Waals surface area contributed by atoms with Crippen molar-refractivity contribution in [3.05, 3.63) is 48.1 Å². The van der Waals surface area contributed by atoms with Gasteiger partial charge in [0.1, 0.15) is 11.6 Å². The molecule has 1 aromatic carbocycles. The quantitative estimate of drug-likeness (QED) is 0.801. The van der Waals surface area contributed by atoms with Gasteiger partial charge in [-0.15, -0.1) is 6.58 Å². The lowest BCUT2D eigenvalue weighted by Gasteiger charge is -2.20. The van der Waals surface area contributed by atoms with Crippen LogP contribution in [0.25, 0.3) is 0 Å². The second-order valence-corrected chi connectivity index (χ2v) is 3.84. The Bertz CT molecular complexity index is 429. The smallest absolute Gasteiger partial charge is 0.313 e. The summed E-state index contributed by atoms with van der Waals surface area (Å²) in [6, 6.07) is 3.08. The number of benzene rings is 1. The van der Waals surface area contributed by atoms with Gasteiger partial charge in [0.15, 0.2) is 0 Å². The number of rotatable bonds is 4.